The van der Waals surface area contributed by atoms with Crippen molar-refractivity contribution in [2.24, 2.45) is 0 Å². The molecule has 0 saturated carbocycles. The summed E-state index contributed by atoms with van der Waals surface area (Å²) in [7, 11) is 3.48. The van der Waals surface area contributed by atoms with Crippen LogP contribution in [0, 0.1) is 6.92 Å². The fourth-order valence-electron chi connectivity index (χ4n) is 4.89. The fraction of sp³-hybridized carbons (Fsp3) is 0.469. The summed E-state index contributed by atoms with van der Waals surface area (Å²) in [4.78, 5) is 40.3. The number of hydrogen-bond acceptors (Lipinski definition) is 4. The average molecular weight is 568 g/mol. The lowest BCUT2D eigenvalue weighted by Crippen LogP contribution is -2.27. The van der Waals surface area contributed by atoms with Crippen molar-refractivity contribution in [2.45, 2.75) is 71.6 Å². The monoisotopic (exact) mass is 567 g/mol. The molecule has 0 saturated heterocycles. The summed E-state index contributed by atoms with van der Waals surface area (Å²) in [6.45, 7) is 5.43. The van der Waals surface area contributed by atoms with E-state index in [1.165, 1.54) is 0 Å². The van der Waals surface area contributed by atoms with E-state index in [1.54, 1.807) is 35.9 Å². The smallest absolute Gasteiger partial charge is 0.262 e. The van der Waals surface area contributed by atoms with Crippen molar-refractivity contribution >= 4 is 40.2 Å². The summed E-state index contributed by atoms with van der Waals surface area (Å²) in [6, 6.07) is 12.3. The van der Waals surface area contributed by atoms with Crippen molar-refractivity contribution < 1.29 is 19.1 Å². The van der Waals surface area contributed by atoms with Crippen LogP contribution < -0.4 is 10.1 Å². The predicted molar refractivity (Wildman–Crippen MR) is 161 cm³/mol. The maximum atomic E-state index is 13.4. The molecule has 1 aromatic heterocycles. The first kappa shape index (κ1) is 31.2. The fourth-order valence-corrected chi connectivity index (χ4v) is 5.02. The molecular formula is C32H42ClN3O4. The van der Waals surface area contributed by atoms with Crippen LogP contribution in [-0.4, -0.2) is 54.4 Å². The van der Waals surface area contributed by atoms with Crippen LogP contribution in [0.1, 0.15) is 79.9 Å². The van der Waals surface area contributed by atoms with Crippen LogP contribution in [-0.2, 0) is 16.0 Å². The van der Waals surface area contributed by atoms with Crippen LogP contribution in [0.4, 0.5) is 0 Å². The van der Waals surface area contributed by atoms with Gasteiger partial charge in [-0.1, -0.05) is 44.2 Å². The minimum Gasteiger partial charge on any atom is -0.497 e. The highest BCUT2D eigenvalue weighted by molar-refractivity contribution is 6.30. The number of benzene rings is 2. The number of carbonyl (C=O) groups excluding carboxylic acids is 3. The number of halogens is 1. The zero-order chi connectivity index (χ0) is 29.1. The largest absolute Gasteiger partial charge is 0.497 e. The Kier molecular flexibility index (Phi) is 12.1. The van der Waals surface area contributed by atoms with Gasteiger partial charge in [-0.05, 0) is 74.2 Å². The number of aromatic nitrogens is 1. The van der Waals surface area contributed by atoms with Crippen molar-refractivity contribution in [3.63, 3.8) is 0 Å². The molecule has 0 fully saturated rings. The van der Waals surface area contributed by atoms with Gasteiger partial charge in [0.15, 0.2) is 0 Å². The first-order chi connectivity index (χ1) is 19.3. The molecule has 2 aromatic carbocycles. The number of methoxy groups -OCH3 is 1. The molecule has 0 spiro atoms. The summed E-state index contributed by atoms with van der Waals surface area (Å²) in [5, 5.41) is 4.42. The van der Waals surface area contributed by atoms with Crippen LogP contribution in [0.2, 0.25) is 5.02 Å². The molecule has 3 aromatic rings. The van der Waals surface area contributed by atoms with Crippen LogP contribution >= 0.6 is 11.6 Å². The highest BCUT2D eigenvalue weighted by Crippen LogP contribution is 2.31. The Hall–Kier alpha value is -3.32. The number of nitrogens with zero attached hydrogens (tertiary/aromatic N) is 2. The van der Waals surface area contributed by atoms with Crippen molar-refractivity contribution in [2.75, 3.05) is 27.2 Å². The van der Waals surface area contributed by atoms with E-state index in [0.29, 0.717) is 29.3 Å². The molecule has 0 aliphatic rings. The standard InChI is InChI=1S/C32H42ClN3O4/c1-5-6-20-35(3)31(38)12-10-8-7-9-11-19-34-30(37)22-27-23(2)36(29-18-17-26(40-4)21-28(27)29)32(39)24-13-15-25(33)16-14-24/h13-18,21H,5-12,19-20,22H2,1-4H3,(H,34,37). The Morgan fingerprint density at radius 3 is 2.38 bits per heavy atom. The number of ether oxygens (including phenoxy) is 1. The first-order valence-electron chi connectivity index (χ1n) is 14.3. The van der Waals surface area contributed by atoms with E-state index in [0.717, 1.165) is 73.7 Å². The van der Waals surface area contributed by atoms with Gasteiger partial charge in [-0.15, -0.1) is 0 Å². The lowest BCUT2D eigenvalue weighted by atomic mass is 10.1. The Bertz CT molecular complexity index is 1300. The summed E-state index contributed by atoms with van der Waals surface area (Å²) in [5.74, 6) is 0.638. The van der Waals surface area contributed by atoms with Gasteiger partial charge in [0.05, 0.1) is 19.0 Å². The summed E-state index contributed by atoms with van der Waals surface area (Å²) in [5.41, 5.74) is 2.79. The predicted octanol–water partition coefficient (Wildman–Crippen LogP) is 6.56. The second-order valence-corrected chi connectivity index (χ2v) is 10.7. The number of amides is 2. The van der Waals surface area contributed by atoms with Crippen molar-refractivity contribution in [1.29, 1.82) is 0 Å². The molecule has 1 N–H and O–H groups in total. The topological polar surface area (TPSA) is 80.6 Å². The molecule has 0 aliphatic heterocycles. The van der Waals surface area contributed by atoms with E-state index >= 15 is 0 Å². The molecule has 0 radical (unpaired) electrons. The molecule has 0 atom stereocenters. The second kappa shape index (κ2) is 15.5. The van der Waals surface area contributed by atoms with Crippen molar-refractivity contribution in [3.05, 3.63) is 64.3 Å². The molecule has 3 rings (SSSR count). The molecule has 8 heteroatoms. The molecule has 1 heterocycles. The van der Waals surface area contributed by atoms with E-state index < -0.39 is 0 Å². The zero-order valence-electron chi connectivity index (χ0n) is 24.2. The quantitative estimate of drug-likeness (QED) is 0.211. The maximum Gasteiger partial charge on any atom is 0.262 e. The normalized spacial score (nSPS) is 11.0. The highest BCUT2D eigenvalue weighted by Gasteiger charge is 2.22. The van der Waals surface area contributed by atoms with Gasteiger partial charge in [-0.2, -0.15) is 0 Å². The third kappa shape index (κ3) is 8.34. The van der Waals surface area contributed by atoms with Gasteiger partial charge in [-0.3, -0.25) is 19.0 Å². The van der Waals surface area contributed by atoms with Gasteiger partial charge in [0.25, 0.3) is 5.91 Å². The molecule has 216 valence electrons. The van der Waals surface area contributed by atoms with Gasteiger partial charge in [0.1, 0.15) is 5.75 Å². The van der Waals surface area contributed by atoms with Crippen molar-refractivity contribution in [1.82, 2.24) is 14.8 Å². The molecule has 0 aliphatic carbocycles. The van der Waals surface area contributed by atoms with Gasteiger partial charge >= 0.3 is 0 Å². The van der Waals surface area contributed by atoms with Crippen LogP contribution in [0.5, 0.6) is 5.75 Å². The van der Waals surface area contributed by atoms with E-state index in [9.17, 15) is 14.4 Å². The highest BCUT2D eigenvalue weighted by atomic mass is 35.5. The first-order valence-corrected chi connectivity index (χ1v) is 14.6. The van der Waals surface area contributed by atoms with Crippen molar-refractivity contribution in [3.8, 4) is 5.75 Å². The van der Waals surface area contributed by atoms with E-state index in [2.05, 4.69) is 12.2 Å². The number of rotatable bonds is 15. The average Bonchev–Trinajstić information content (AvgIpc) is 3.22. The third-order valence-electron chi connectivity index (χ3n) is 7.34. The van der Waals surface area contributed by atoms with Crippen LogP contribution in [0.15, 0.2) is 42.5 Å². The molecule has 0 unspecified atom stereocenters. The summed E-state index contributed by atoms with van der Waals surface area (Å²) < 4.78 is 7.08. The summed E-state index contributed by atoms with van der Waals surface area (Å²) >= 11 is 6.01. The molecular weight excluding hydrogens is 526 g/mol. The second-order valence-electron chi connectivity index (χ2n) is 10.3. The Morgan fingerprint density at radius 1 is 0.975 bits per heavy atom. The zero-order valence-corrected chi connectivity index (χ0v) is 25.0. The third-order valence-corrected chi connectivity index (χ3v) is 7.59. The minimum absolute atomic E-state index is 0.0791. The van der Waals surface area contributed by atoms with Gasteiger partial charge in [0, 0.05) is 48.2 Å². The number of nitrogens with one attached hydrogen (secondary N) is 1. The Balaban J connectivity index is 1.54. The SMILES string of the molecule is CCCCN(C)C(=O)CCCCCCCNC(=O)Cc1c(C)n(C(=O)c2ccc(Cl)cc2)c2ccc(OC)cc12. The van der Waals surface area contributed by atoms with E-state index in [1.807, 2.05) is 37.1 Å². The lowest BCUT2D eigenvalue weighted by Gasteiger charge is -2.16. The summed E-state index contributed by atoms with van der Waals surface area (Å²) in [6.07, 6.45) is 7.78. The lowest BCUT2D eigenvalue weighted by molar-refractivity contribution is -0.130. The van der Waals surface area contributed by atoms with Gasteiger partial charge in [0.2, 0.25) is 11.8 Å². The molecule has 7 nitrogen and oxygen atoms in total. The van der Waals surface area contributed by atoms with Crippen LogP contribution in [0.3, 0.4) is 0 Å². The molecule has 40 heavy (non-hydrogen) atoms. The molecule has 0 bridgehead atoms. The number of hydrogen-bond donors (Lipinski definition) is 1. The van der Waals surface area contributed by atoms with Gasteiger partial charge in [-0.25, -0.2) is 0 Å². The van der Waals surface area contributed by atoms with Crippen LogP contribution in [0.25, 0.3) is 10.9 Å². The Labute approximate surface area is 242 Å². The van der Waals surface area contributed by atoms with Gasteiger partial charge < -0.3 is 15.0 Å². The number of fused-ring (bicyclic) bond motifs is 1. The molecule has 2 amide bonds. The Morgan fingerprint density at radius 2 is 1.68 bits per heavy atom. The van der Waals surface area contributed by atoms with E-state index in [4.69, 9.17) is 16.3 Å². The number of carbonyl (C=O) groups is 3. The minimum atomic E-state index is -0.176. The van der Waals surface area contributed by atoms with E-state index in [-0.39, 0.29) is 24.1 Å². The maximum absolute atomic E-state index is 13.4. The number of unbranched alkanes of at least 4 members (excludes halogenated alkanes) is 5.